The van der Waals surface area contributed by atoms with Gasteiger partial charge in [-0.25, -0.2) is 4.99 Å². The van der Waals surface area contributed by atoms with Crippen LogP contribution in [0, 0.1) is 5.92 Å². The molecule has 4 nitrogen and oxygen atoms in total. The highest BCUT2D eigenvalue weighted by Gasteiger charge is 2.20. The number of aliphatic imine (C=N–C) groups is 1. The second-order valence-corrected chi connectivity index (χ2v) is 8.00. The average Bonchev–Trinajstić information content (AvgIpc) is 2.62. The maximum absolute atomic E-state index is 12.3. The lowest BCUT2D eigenvalue weighted by atomic mass is 9.87. The average molecular weight is 353 g/mol. The molecule has 130 valence electrons. The van der Waals surface area contributed by atoms with E-state index in [1.54, 1.807) is 0 Å². The summed E-state index contributed by atoms with van der Waals surface area (Å²) < 4.78 is 0. The maximum Gasteiger partial charge on any atom is 0.230 e. The molecule has 0 unspecified atom stereocenters. The van der Waals surface area contributed by atoms with Crippen LogP contribution in [0.4, 0.5) is 11.4 Å². The molecular formula is C20H23N3OS. The summed E-state index contributed by atoms with van der Waals surface area (Å²) in [4.78, 5) is 16.9. The fourth-order valence-corrected chi connectivity index (χ4v) is 4.34. The highest BCUT2D eigenvalue weighted by molar-refractivity contribution is 8.14. The van der Waals surface area contributed by atoms with Crippen molar-refractivity contribution in [3.63, 3.8) is 0 Å². The van der Waals surface area contributed by atoms with Gasteiger partial charge in [0.1, 0.15) is 0 Å². The number of anilines is 1. The third-order valence-corrected chi connectivity index (χ3v) is 5.94. The molecular weight excluding hydrogens is 330 g/mol. The number of nitrogens with zero attached hydrogens (tertiary/aromatic N) is 1. The quantitative estimate of drug-likeness (QED) is 0.842. The number of carbonyl (C=O) groups is 1. The first-order valence-corrected chi connectivity index (χ1v) is 9.97. The summed E-state index contributed by atoms with van der Waals surface area (Å²) in [6, 6.07) is 12.7. The van der Waals surface area contributed by atoms with E-state index < -0.39 is 0 Å². The molecule has 1 amide bonds. The summed E-state index contributed by atoms with van der Waals surface area (Å²) in [7, 11) is 0. The predicted octanol–water partition coefficient (Wildman–Crippen LogP) is 4.68. The number of carbonyl (C=O) groups excluding carboxylic acids is 1. The van der Waals surface area contributed by atoms with Crippen molar-refractivity contribution in [1.29, 1.82) is 0 Å². The van der Waals surface area contributed by atoms with Gasteiger partial charge >= 0.3 is 0 Å². The third-order valence-electron chi connectivity index (χ3n) is 5.07. The molecule has 0 radical (unpaired) electrons. The standard InChI is InChI=1S/C20H23N3OS/c1-13-8-10-15(11-9-13)21-18(24)12-25-20-22-16-6-2-4-14-5-3-7-17(23-20)19(14)16/h2-7,13,15H,8-12H2,1H3,(H,21,24)(H,22,23). The van der Waals surface area contributed by atoms with Crippen LogP contribution in [0.5, 0.6) is 0 Å². The molecule has 5 heteroatoms. The number of benzene rings is 2. The fraction of sp³-hybridized carbons (Fsp3) is 0.400. The van der Waals surface area contributed by atoms with E-state index in [4.69, 9.17) is 0 Å². The number of hydrogen-bond acceptors (Lipinski definition) is 4. The maximum atomic E-state index is 12.3. The lowest BCUT2D eigenvalue weighted by Gasteiger charge is -2.27. The van der Waals surface area contributed by atoms with Crippen LogP contribution in [0.25, 0.3) is 10.8 Å². The van der Waals surface area contributed by atoms with Gasteiger partial charge in [-0.1, -0.05) is 43.0 Å². The zero-order chi connectivity index (χ0) is 17.2. The van der Waals surface area contributed by atoms with E-state index in [0.29, 0.717) is 11.8 Å². The van der Waals surface area contributed by atoms with Crippen LogP contribution in [0.15, 0.2) is 41.4 Å². The van der Waals surface area contributed by atoms with Crippen LogP contribution in [0.3, 0.4) is 0 Å². The van der Waals surface area contributed by atoms with Crippen molar-refractivity contribution in [3.8, 4) is 0 Å². The largest absolute Gasteiger partial charge is 0.353 e. The van der Waals surface area contributed by atoms with Gasteiger partial charge < -0.3 is 10.6 Å². The first-order valence-electron chi connectivity index (χ1n) is 8.98. The van der Waals surface area contributed by atoms with E-state index in [1.165, 1.54) is 30.0 Å². The molecule has 1 aliphatic heterocycles. The Balaban J connectivity index is 1.38. The van der Waals surface area contributed by atoms with E-state index >= 15 is 0 Å². The van der Waals surface area contributed by atoms with Gasteiger partial charge in [-0.15, -0.1) is 0 Å². The Morgan fingerprint density at radius 3 is 2.76 bits per heavy atom. The molecule has 2 aliphatic rings. The number of rotatable bonds is 3. The third kappa shape index (κ3) is 3.66. The molecule has 1 fully saturated rings. The molecule has 1 aliphatic carbocycles. The van der Waals surface area contributed by atoms with Crippen LogP contribution in [0.1, 0.15) is 32.6 Å². The monoisotopic (exact) mass is 353 g/mol. The van der Waals surface area contributed by atoms with Crippen LogP contribution in [-0.2, 0) is 4.79 Å². The molecule has 0 bridgehead atoms. The number of amidine groups is 1. The van der Waals surface area contributed by atoms with Crippen molar-refractivity contribution < 1.29 is 4.79 Å². The number of nitrogens with one attached hydrogen (secondary N) is 2. The lowest BCUT2D eigenvalue weighted by molar-refractivity contribution is -0.119. The first-order chi connectivity index (χ1) is 12.2. The molecule has 2 aromatic rings. The Bertz CT molecular complexity index is 820. The van der Waals surface area contributed by atoms with Crippen molar-refractivity contribution in [3.05, 3.63) is 36.4 Å². The highest BCUT2D eigenvalue weighted by Crippen LogP contribution is 2.36. The van der Waals surface area contributed by atoms with Gasteiger partial charge in [0.15, 0.2) is 5.17 Å². The second kappa shape index (κ2) is 7.08. The predicted molar refractivity (Wildman–Crippen MR) is 107 cm³/mol. The summed E-state index contributed by atoms with van der Waals surface area (Å²) in [5.41, 5.74) is 2.03. The normalized spacial score (nSPS) is 22.2. The van der Waals surface area contributed by atoms with Crippen molar-refractivity contribution >= 4 is 45.0 Å². The van der Waals surface area contributed by atoms with Gasteiger partial charge in [0.2, 0.25) is 5.91 Å². The van der Waals surface area contributed by atoms with Crippen LogP contribution in [0.2, 0.25) is 0 Å². The Morgan fingerprint density at radius 1 is 1.20 bits per heavy atom. The minimum atomic E-state index is 0.103. The van der Waals surface area contributed by atoms with Gasteiger partial charge in [0.25, 0.3) is 0 Å². The van der Waals surface area contributed by atoms with Crippen molar-refractivity contribution in [2.45, 2.75) is 38.6 Å². The van der Waals surface area contributed by atoms with Gasteiger partial charge in [-0.3, -0.25) is 4.79 Å². The topological polar surface area (TPSA) is 53.5 Å². The second-order valence-electron chi connectivity index (χ2n) is 7.04. The Hall–Kier alpha value is -2.01. The number of thioether (sulfide) groups is 1. The summed E-state index contributed by atoms with van der Waals surface area (Å²) in [5, 5.41) is 9.65. The Kier molecular flexibility index (Phi) is 4.66. The van der Waals surface area contributed by atoms with E-state index in [0.717, 1.165) is 40.7 Å². The van der Waals surface area contributed by atoms with Crippen molar-refractivity contribution in [2.75, 3.05) is 11.1 Å². The summed E-state index contributed by atoms with van der Waals surface area (Å²) in [6.07, 6.45) is 4.64. The van der Waals surface area contributed by atoms with E-state index in [-0.39, 0.29) is 5.91 Å². The molecule has 4 rings (SSSR count). The van der Waals surface area contributed by atoms with Gasteiger partial charge in [-0.05, 0) is 49.1 Å². The lowest BCUT2D eigenvalue weighted by Crippen LogP contribution is -2.38. The first kappa shape index (κ1) is 16.5. The Labute approximate surface area is 152 Å². The minimum Gasteiger partial charge on any atom is -0.353 e. The molecule has 2 aromatic carbocycles. The number of hydrogen-bond donors (Lipinski definition) is 2. The SMILES string of the molecule is CC1CCC(NC(=O)CSC2=Nc3cccc4cccc(c34)N2)CC1. The Morgan fingerprint density at radius 2 is 1.96 bits per heavy atom. The smallest absolute Gasteiger partial charge is 0.230 e. The van der Waals surface area contributed by atoms with Crippen LogP contribution >= 0.6 is 11.8 Å². The van der Waals surface area contributed by atoms with Gasteiger partial charge in [0.05, 0.1) is 17.1 Å². The van der Waals surface area contributed by atoms with Crippen LogP contribution in [-0.4, -0.2) is 22.9 Å². The summed E-state index contributed by atoms with van der Waals surface area (Å²) in [5.74, 6) is 1.30. The molecule has 0 atom stereocenters. The van der Waals surface area contributed by atoms with Crippen LogP contribution < -0.4 is 10.6 Å². The minimum absolute atomic E-state index is 0.103. The zero-order valence-corrected chi connectivity index (χ0v) is 15.2. The van der Waals surface area contributed by atoms with Gasteiger partial charge in [0, 0.05) is 11.4 Å². The summed E-state index contributed by atoms with van der Waals surface area (Å²) in [6.45, 7) is 2.29. The van der Waals surface area contributed by atoms with Crippen molar-refractivity contribution in [1.82, 2.24) is 5.32 Å². The molecule has 25 heavy (non-hydrogen) atoms. The fourth-order valence-electron chi connectivity index (χ4n) is 3.65. The molecule has 1 heterocycles. The zero-order valence-electron chi connectivity index (χ0n) is 14.4. The molecule has 1 saturated carbocycles. The van der Waals surface area contributed by atoms with E-state index in [1.807, 2.05) is 18.2 Å². The van der Waals surface area contributed by atoms with Gasteiger partial charge in [-0.2, -0.15) is 0 Å². The highest BCUT2D eigenvalue weighted by atomic mass is 32.2. The van der Waals surface area contributed by atoms with E-state index in [9.17, 15) is 4.79 Å². The molecule has 0 spiro atoms. The van der Waals surface area contributed by atoms with E-state index in [2.05, 4.69) is 40.7 Å². The number of amides is 1. The summed E-state index contributed by atoms with van der Waals surface area (Å²) >= 11 is 1.47. The molecule has 0 saturated heterocycles. The van der Waals surface area contributed by atoms with Crippen molar-refractivity contribution in [2.24, 2.45) is 10.9 Å². The molecule has 2 N–H and O–H groups in total. The molecule has 0 aromatic heterocycles.